The molecular formula is C63H48O5P3Ru2. The summed E-state index contributed by atoms with van der Waals surface area (Å²) in [5, 5.41) is 8.62. The van der Waals surface area contributed by atoms with Crippen LogP contribution in [0.3, 0.4) is 0 Å². The first-order valence-electron chi connectivity index (χ1n) is 21.7. The molecule has 0 fully saturated rings. The fraction of sp³-hybridized carbons (Fsp3) is 0.0159. The molecule has 73 heavy (non-hydrogen) atoms. The van der Waals surface area contributed by atoms with Gasteiger partial charge in [-0.1, -0.05) is 269 Å². The van der Waals surface area contributed by atoms with Crippen LogP contribution < -0.4 is 31.8 Å². The zero-order chi connectivity index (χ0) is 51.2. The maximum Gasteiger partial charge on any atom is 1.00 e. The predicted octanol–water partition coefficient (Wildman–Crippen LogP) is 12.3. The zero-order valence-corrected chi connectivity index (χ0v) is 45.6. The van der Waals surface area contributed by atoms with Gasteiger partial charge in [0.2, 0.25) is 0 Å². The second-order valence-electron chi connectivity index (χ2n) is 14.3. The first-order valence-corrected chi connectivity index (χ1v) is 25.8. The van der Waals surface area contributed by atoms with Crippen LogP contribution in [0, 0.1) is 26.6 Å². The van der Waals surface area contributed by atoms with Crippen LogP contribution >= 0.6 is 24.4 Å². The third-order valence-electron chi connectivity index (χ3n) is 9.93. The molecule has 1 radical (unpaired) electrons. The Morgan fingerprint density at radius 3 is 0.836 bits per heavy atom. The van der Waals surface area contributed by atoms with Crippen LogP contribution in [0.5, 0.6) is 0 Å². The molecule has 361 valence electrons. The minimum Gasteiger partial charge on any atom is -0.0622 e. The van der Waals surface area contributed by atoms with Gasteiger partial charge in [-0.3, -0.25) is 5.73 Å². The van der Waals surface area contributed by atoms with Crippen LogP contribution in [-0.2, 0) is 62.4 Å². The summed E-state index contributed by atoms with van der Waals surface area (Å²) in [6.07, 6.45) is 2.02. The first kappa shape index (κ1) is 64.7. The van der Waals surface area contributed by atoms with E-state index in [0.29, 0.717) is 5.57 Å². The number of hydrogen-bond donors (Lipinski definition) is 0. The molecule has 0 aliphatic rings. The van der Waals surface area contributed by atoms with Crippen molar-refractivity contribution in [2.45, 2.75) is 0 Å². The molecule has 5 nitrogen and oxygen atoms in total. The zero-order valence-electron chi connectivity index (χ0n) is 39.3. The topological polar surface area (TPSA) is 96.7 Å². The van der Waals surface area contributed by atoms with Crippen molar-refractivity contribution >= 4 is 73.7 Å². The minimum absolute atomic E-state index is 0. The molecule has 0 spiro atoms. The molecule has 0 saturated carbocycles. The van der Waals surface area contributed by atoms with Crippen LogP contribution in [0.15, 0.2) is 279 Å². The van der Waals surface area contributed by atoms with Crippen molar-refractivity contribution in [1.82, 2.24) is 0 Å². The Balaban J connectivity index is 0.000000526. The van der Waals surface area contributed by atoms with Crippen molar-refractivity contribution in [1.29, 1.82) is 0 Å². The Labute approximate surface area is 460 Å². The Bertz CT molecular complexity index is 2700. The van der Waals surface area contributed by atoms with E-state index in [-0.39, 0.29) is 39.0 Å². The van der Waals surface area contributed by atoms with E-state index in [1.165, 1.54) is 37.7 Å². The van der Waals surface area contributed by atoms with E-state index in [0.717, 1.165) is 30.8 Å². The average molecular weight is 1180 g/mol. The molecule has 0 N–H and O–H groups in total. The van der Waals surface area contributed by atoms with Crippen LogP contribution in [0.4, 0.5) is 0 Å². The summed E-state index contributed by atoms with van der Waals surface area (Å²) in [6, 6.07) is 94.7. The van der Waals surface area contributed by atoms with Crippen LogP contribution in [-0.4, -0.2) is 12.2 Å². The van der Waals surface area contributed by atoms with Gasteiger partial charge in [-0.15, -0.1) is 23.3 Å². The molecule has 0 aliphatic heterocycles. The quantitative estimate of drug-likeness (QED) is 0.0299. The summed E-state index contributed by atoms with van der Waals surface area (Å²) in [4.78, 5) is 11.5. The molecule has 0 amide bonds. The van der Waals surface area contributed by atoms with Crippen molar-refractivity contribution in [2.75, 3.05) is 5.90 Å². The molecular weight excluding hydrogens is 1130 g/mol. The van der Waals surface area contributed by atoms with Gasteiger partial charge < -0.3 is 4.79 Å². The SMILES string of the molecule is O=[C-]C(=C=C(c1ccccc1)c1ccccc1)c1ccccc1.[C-]#[O+].[C-]#[O+].[C-]#[O+].[C-]#[O+].[Ru+].[Ru].c1ccc(P(CP(c2ccccc2)c2ccccc2)c2ccccc2)cc1.c1ccc(Pc2ccccc2)cc1. The Hall–Kier alpha value is -6.33. The Kier molecular flexibility index (Phi) is 36.5. The van der Waals surface area contributed by atoms with Crippen LogP contribution in [0.1, 0.15) is 16.7 Å². The van der Waals surface area contributed by atoms with Crippen LogP contribution in [0.25, 0.3) is 11.1 Å². The molecule has 0 unspecified atom stereocenters. The van der Waals surface area contributed by atoms with Crippen molar-refractivity contribution in [2.24, 2.45) is 0 Å². The third-order valence-corrected chi connectivity index (χ3v) is 17.1. The van der Waals surface area contributed by atoms with Crippen molar-refractivity contribution in [3.63, 3.8) is 0 Å². The molecule has 0 aromatic heterocycles. The number of rotatable bonds is 12. The summed E-state index contributed by atoms with van der Waals surface area (Å²) in [6.45, 7) is 18.0. The smallest absolute Gasteiger partial charge is 0.0622 e. The fourth-order valence-electron chi connectivity index (χ4n) is 6.81. The van der Waals surface area contributed by atoms with Gasteiger partial charge in [0, 0.05) is 25.4 Å². The second-order valence-corrected chi connectivity index (χ2v) is 20.6. The maximum absolute atomic E-state index is 11.5. The number of hydrogen-bond acceptors (Lipinski definition) is 1. The molecule has 0 aliphatic carbocycles. The Morgan fingerprint density at radius 1 is 0.370 bits per heavy atom. The van der Waals surface area contributed by atoms with Crippen molar-refractivity contribution < 1.29 is 62.4 Å². The largest absolute Gasteiger partial charge is 1.00 e. The molecule has 0 bridgehead atoms. The summed E-state index contributed by atoms with van der Waals surface area (Å²) in [5.74, 6) is 1.17. The maximum atomic E-state index is 11.5. The molecule has 0 atom stereocenters. The summed E-state index contributed by atoms with van der Waals surface area (Å²) in [7, 11) is -0.0406. The summed E-state index contributed by atoms with van der Waals surface area (Å²) in [5.41, 5.74) is 7.41. The molecule has 9 rings (SSSR count). The Morgan fingerprint density at radius 2 is 0.589 bits per heavy atom. The molecule has 9 aromatic carbocycles. The fourth-order valence-corrected chi connectivity index (χ4v) is 14.3. The summed E-state index contributed by atoms with van der Waals surface area (Å²) < 4.78 is 30.0. The van der Waals surface area contributed by atoms with E-state index >= 15 is 0 Å². The number of benzene rings is 9. The van der Waals surface area contributed by atoms with Crippen LogP contribution in [0.2, 0.25) is 0 Å². The first-order chi connectivity index (χ1) is 35.2. The molecule has 0 saturated heterocycles. The van der Waals surface area contributed by atoms with E-state index in [2.05, 4.69) is 214 Å². The van der Waals surface area contributed by atoms with Gasteiger partial charge in [-0.25, -0.2) is 0 Å². The van der Waals surface area contributed by atoms with Gasteiger partial charge in [-0.2, -0.15) is 0 Å². The number of carbonyl (C=O) groups excluding carboxylic acids is 1. The summed E-state index contributed by atoms with van der Waals surface area (Å²) >= 11 is 0. The normalized spacial score (nSPS) is 9.01. The van der Waals surface area contributed by atoms with Crippen molar-refractivity contribution in [3.8, 4) is 0 Å². The number of allylic oxidation sites excluding steroid dienone is 1. The van der Waals surface area contributed by atoms with Gasteiger partial charge in [-0.05, 0) is 64.4 Å². The standard InChI is InChI=1S/C25H22P2.C22H15O.C12H11P.4CO.2Ru/c1-5-13-22(14-6-1)26(23-15-7-2-8-16-23)21-27(24-17-9-3-10-18-24)25-19-11-4-12-20-25;23-17-21(18-10-4-1-5-11-18)16-22(19-12-6-2-7-13-19)20-14-8-3-9-15-20;1-3-7-11(8-4-1)13-12-9-5-2-6-10-12;4*1-2;;/h1-20H,21H2;1-15H;1-10,13H;;;;;;/q;-1;;;;;;;+1. The minimum atomic E-state index is -0.409. The van der Waals surface area contributed by atoms with E-state index in [4.69, 9.17) is 18.6 Å². The second kappa shape index (κ2) is 41.2. The van der Waals surface area contributed by atoms with Gasteiger partial charge in [0.1, 0.15) is 0 Å². The van der Waals surface area contributed by atoms with E-state index in [9.17, 15) is 4.79 Å². The van der Waals surface area contributed by atoms with E-state index in [1.54, 1.807) is 0 Å². The molecule has 10 heteroatoms. The van der Waals surface area contributed by atoms with Gasteiger partial charge >= 0.3 is 64.7 Å². The van der Waals surface area contributed by atoms with E-state index < -0.39 is 15.8 Å². The van der Waals surface area contributed by atoms with Gasteiger partial charge in [0.25, 0.3) is 0 Å². The molecule has 9 aromatic rings. The van der Waals surface area contributed by atoms with Gasteiger partial charge in [0.15, 0.2) is 0 Å². The van der Waals surface area contributed by atoms with Gasteiger partial charge in [0.05, 0.1) is 6.29 Å². The third kappa shape index (κ3) is 23.0. The van der Waals surface area contributed by atoms with E-state index in [1.807, 2.05) is 97.3 Å². The predicted molar refractivity (Wildman–Crippen MR) is 294 cm³/mol. The average Bonchev–Trinajstić information content (AvgIpc) is 3.48. The monoisotopic (exact) mass is 1180 g/mol. The molecule has 0 heterocycles. The van der Waals surface area contributed by atoms with Crippen molar-refractivity contribution in [3.05, 3.63) is 322 Å².